The lowest BCUT2D eigenvalue weighted by Gasteiger charge is -2.14. The van der Waals surface area contributed by atoms with Gasteiger partial charge in [-0.25, -0.2) is 14.5 Å². The van der Waals surface area contributed by atoms with Crippen LogP contribution in [0.3, 0.4) is 0 Å². The van der Waals surface area contributed by atoms with E-state index in [0.29, 0.717) is 6.61 Å². The predicted octanol–water partition coefficient (Wildman–Crippen LogP) is 3.14. The van der Waals surface area contributed by atoms with Crippen LogP contribution in [0.2, 0.25) is 0 Å². The van der Waals surface area contributed by atoms with E-state index in [0.717, 1.165) is 17.7 Å². The van der Waals surface area contributed by atoms with Crippen LogP contribution < -0.4 is 4.90 Å². The molecule has 0 radical (unpaired) electrons. The summed E-state index contributed by atoms with van der Waals surface area (Å²) in [6, 6.07) is 9.81. The van der Waals surface area contributed by atoms with Crippen molar-refractivity contribution in [2.24, 2.45) is 0 Å². The molecule has 0 aromatic heterocycles. The van der Waals surface area contributed by atoms with Crippen molar-refractivity contribution in [3.8, 4) is 0 Å². The van der Waals surface area contributed by atoms with Crippen molar-refractivity contribution < 1.29 is 29.0 Å². The molecule has 0 aliphatic carbocycles. The minimum atomic E-state index is -1.19. The molecule has 2 amide bonds. The molecule has 138 valence electrons. The topological polar surface area (TPSA) is 101 Å². The van der Waals surface area contributed by atoms with Crippen molar-refractivity contribution >= 4 is 29.4 Å². The number of aromatic carboxylic acids is 1. The van der Waals surface area contributed by atoms with Crippen LogP contribution in [0.1, 0.15) is 61.2 Å². The molecular weight excluding hydrogens is 350 g/mol. The Morgan fingerprint density at radius 2 is 1.74 bits per heavy atom. The van der Waals surface area contributed by atoms with Crippen LogP contribution in [0.25, 0.3) is 0 Å². The Kier molecular flexibility index (Phi) is 5.03. The maximum Gasteiger partial charge on any atom is 0.338 e. The van der Waals surface area contributed by atoms with Crippen molar-refractivity contribution in [3.05, 3.63) is 64.7 Å². The number of fused-ring (bicyclic) bond motifs is 1. The number of hydrogen-bond donors (Lipinski definition) is 1. The fourth-order valence-electron chi connectivity index (χ4n) is 2.77. The van der Waals surface area contributed by atoms with E-state index in [9.17, 15) is 19.2 Å². The van der Waals surface area contributed by atoms with Gasteiger partial charge in [0.1, 0.15) is 0 Å². The average molecular weight is 367 g/mol. The Morgan fingerprint density at radius 1 is 1.00 bits per heavy atom. The van der Waals surface area contributed by atoms with Crippen molar-refractivity contribution in [1.82, 2.24) is 0 Å². The molecule has 2 aromatic carbocycles. The van der Waals surface area contributed by atoms with Crippen LogP contribution in [0, 0.1) is 0 Å². The first kappa shape index (κ1) is 18.3. The number of carbonyl (C=O) groups is 4. The first-order chi connectivity index (χ1) is 12.9. The number of amides is 2. The number of rotatable bonds is 6. The first-order valence-electron chi connectivity index (χ1n) is 8.47. The highest BCUT2D eigenvalue weighted by Crippen LogP contribution is 2.29. The molecule has 0 saturated heterocycles. The summed E-state index contributed by atoms with van der Waals surface area (Å²) in [6.45, 7) is 2.27. The van der Waals surface area contributed by atoms with Gasteiger partial charge in [0, 0.05) is 0 Å². The number of imide groups is 1. The van der Waals surface area contributed by atoms with Gasteiger partial charge >= 0.3 is 11.9 Å². The molecule has 0 unspecified atom stereocenters. The standard InChI is InChI=1S/C20H17NO6/c1-2-3-9-27-20(26)13-5-4-6-14(10-13)21-17(22)15-8-7-12(19(24)25)11-16(15)18(21)23/h4-8,10-11H,2-3,9H2,1H3,(H,24,25). The number of benzene rings is 2. The van der Waals surface area contributed by atoms with E-state index in [1.165, 1.54) is 30.3 Å². The molecule has 0 saturated carbocycles. The van der Waals surface area contributed by atoms with E-state index < -0.39 is 23.8 Å². The van der Waals surface area contributed by atoms with Crippen molar-refractivity contribution in [3.63, 3.8) is 0 Å². The maximum atomic E-state index is 12.7. The number of carboxylic acids is 1. The number of esters is 1. The van der Waals surface area contributed by atoms with Gasteiger partial charge in [0.2, 0.25) is 0 Å². The van der Waals surface area contributed by atoms with Gasteiger partial charge in [-0.05, 0) is 42.8 Å². The Morgan fingerprint density at radius 3 is 2.44 bits per heavy atom. The van der Waals surface area contributed by atoms with E-state index in [4.69, 9.17) is 9.84 Å². The smallest absolute Gasteiger partial charge is 0.338 e. The molecule has 0 atom stereocenters. The fourth-order valence-corrected chi connectivity index (χ4v) is 2.77. The lowest BCUT2D eigenvalue weighted by molar-refractivity contribution is 0.0498. The summed E-state index contributed by atoms with van der Waals surface area (Å²) in [5, 5.41) is 9.08. The van der Waals surface area contributed by atoms with Gasteiger partial charge in [-0.3, -0.25) is 9.59 Å². The molecular formula is C20H17NO6. The van der Waals surface area contributed by atoms with Crippen LogP contribution in [-0.2, 0) is 4.74 Å². The molecule has 27 heavy (non-hydrogen) atoms. The zero-order valence-corrected chi connectivity index (χ0v) is 14.6. The SMILES string of the molecule is CCCCOC(=O)c1cccc(N2C(=O)c3ccc(C(=O)O)cc3C2=O)c1. The van der Waals surface area contributed by atoms with Crippen molar-refractivity contribution in [2.75, 3.05) is 11.5 Å². The normalized spacial score (nSPS) is 12.9. The van der Waals surface area contributed by atoms with Gasteiger partial charge in [-0.1, -0.05) is 19.4 Å². The Bertz CT molecular complexity index is 949. The van der Waals surface area contributed by atoms with E-state index >= 15 is 0 Å². The Labute approximate surface area is 155 Å². The second-order valence-corrected chi connectivity index (χ2v) is 6.05. The monoisotopic (exact) mass is 367 g/mol. The molecule has 0 fully saturated rings. The van der Waals surface area contributed by atoms with Gasteiger partial charge in [-0.2, -0.15) is 0 Å². The summed E-state index contributed by atoms with van der Waals surface area (Å²) >= 11 is 0. The third kappa shape index (κ3) is 3.44. The molecule has 1 aliphatic heterocycles. The van der Waals surface area contributed by atoms with E-state index in [-0.39, 0.29) is 27.9 Å². The maximum absolute atomic E-state index is 12.7. The number of unbranched alkanes of at least 4 members (excludes halogenated alkanes) is 1. The largest absolute Gasteiger partial charge is 0.478 e. The molecule has 0 bridgehead atoms. The molecule has 1 aliphatic rings. The first-order valence-corrected chi connectivity index (χ1v) is 8.47. The quantitative estimate of drug-likeness (QED) is 0.478. The number of ether oxygens (including phenoxy) is 1. The Hall–Kier alpha value is -3.48. The third-order valence-corrected chi connectivity index (χ3v) is 4.20. The Balaban J connectivity index is 1.90. The summed E-state index contributed by atoms with van der Waals surface area (Å²) in [5.74, 6) is -2.92. The van der Waals surface area contributed by atoms with Crippen LogP contribution in [0.15, 0.2) is 42.5 Å². The summed E-state index contributed by atoms with van der Waals surface area (Å²) in [4.78, 5) is 49.4. The number of carbonyl (C=O) groups excluding carboxylic acids is 3. The summed E-state index contributed by atoms with van der Waals surface area (Å²) in [5.41, 5.74) is 0.524. The third-order valence-electron chi connectivity index (χ3n) is 4.20. The highest BCUT2D eigenvalue weighted by molar-refractivity contribution is 6.34. The lowest BCUT2D eigenvalue weighted by atomic mass is 10.1. The van der Waals surface area contributed by atoms with Crippen LogP contribution in [0.5, 0.6) is 0 Å². The highest BCUT2D eigenvalue weighted by atomic mass is 16.5. The van der Waals surface area contributed by atoms with Gasteiger partial charge in [0.05, 0.1) is 34.5 Å². The second-order valence-electron chi connectivity index (χ2n) is 6.05. The zero-order valence-electron chi connectivity index (χ0n) is 14.6. The van der Waals surface area contributed by atoms with Gasteiger partial charge in [0.15, 0.2) is 0 Å². The summed E-state index contributed by atoms with van der Waals surface area (Å²) in [7, 11) is 0. The lowest BCUT2D eigenvalue weighted by Crippen LogP contribution is -2.29. The number of hydrogen-bond acceptors (Lipinski definition) is 5. The van der Waals surface area contributed by atoms with Crippen molar-refractivity contribution in [1.29, 1.82) is 0 Å². The van der Waals surface area contributed by atoms with Gasteiger partial charge in [0.25, 0.3) is 11.8 Å². The zero-order chi connectivity index (χ0) is 19.6. The number of carboxylic acid groups (broad SMARTS) is 1. The molecule has 7 heteroatoms. The van der Waals surface area contributed by atoms with Crippen molar-refractivity contribution in [2.45, 2.75) is 19.8 Å². The number of nitrogens with zero attached hydrogens (tertiary/aromatic N) is 1. The molecule has 3 rings (SSSR count). The minimum Gasteiger partial charge on any atom is -0.478 e. The second kappa shape index (κ2) is 7.41. The highest BCUT2D eigenvalue weighted by Gasteiger charge is 2.37. The molecule has 7 nitrogen and oxygen atoms in total. The average Bonchev–Trinajstić information content (AvgIpc) is 2.92. The predicted molar refractivity (Wildman–Crippen MR) is 96.2 cm³/mol. The molecule has 1 heterocycles. The van der Waals surface area contributed by atoms with Crippen LogP contribution in [-0.4, -0.2) is 35.5 Å². The van der Waals surface area contributed by atoms with Gasteiger partial charge < -0.3 is 9.84 Å². The molecule has 2 aromatic rings. The minimum absolute atomic E-state index is 0.0239. The molecule has 0 spiro atoms. The van der Waals surface area contributed by atoms with E-state index in [2.05, 4.69) is 0 Å². The van der Waals surface area contributed by atoms with E-state index in [1.807, 2.05) is 6.92 Å². The van der Waals surface area contributed by atoms with Crippen LogP contribution in [0.4, 0.5) is 5.69 Å². The summed E-state index contributed by atoms with van der Waals surface area (Å²) < 4.78 is 5.15. The molecule has 1 N–H and O–H groups in total. The van der Waals surface area contributed by atoms with Gasteiger partial charge in [-0.15, -0.1) is 0 Å². The van der Waals surface area contributed by atoms with E-state index in [1.54, 1.807) is 12.1 Å². The van der Waals surface area contributed by atoms with Crippen LogP contribution >= 0.6 is 0 Å². The number of anilines is 1. The fraction of sp³-hybridized carbons (Fsp3) is 0.200. The summed E-state index contributed by atoms with van der Waals surface area (Å²) in [6.07, 6.45) is 1.64.